The van der Waals surface area contributed by atoms with Gasteiger partial charge in [0.15, 0.2) is 0 Å². The number of carbonyl (C=O) groups is 2. The fourth-order valence-electron chi connectivity index (χ4n) is 1.30. The van der Waals surface area contributed by atoms with Crippen LogP contribution in [0.1, 0.15) is 12.5 Å². The van der Waals surface area contributed by atoms with E-state index < -0.39 is 24.0 Å². The minimum Gasteiger partial charge on any atom is -0.337 e. The number of amides is 2. The van der Waals surface area contributed by atoms with Crippen LogP contribution in [0.3, 0.4) is 0 Å². The van der Waals surface area contributed by atoms with Gasteiger partial charge in [-0.25, -0.2) is 0 Å². The molecule has 0 aliphatic carbocycles. The van der Waals surface area contributed by atoms with Gasteiger partial charge in [0, 0.05) is 5.69 Å². The lowest BCUT2D eigenvalue weighted by atomic mass is 10.2. The van der Waals surface area contributed by atoms with Crippen LogP contribution in [0.2, 0.25) is 0 Å². The van der Waals surface area contributed by atoms with E-state index in [1.165, 1.54) is 6.92 Å². The van der Waals surface area contributed by atoms with Crippen molar-refractivity contribution in [2.24, 2.45) is 0 Å². The highest BCUT2D eigenvalue weighted by molar-refractivity contribution is 5.98. The molecule has 0 saturated heterocycles. The monoisotopic (exact) mass is 274 g/mol. The van der Waals surface area contributed by atoms with Crippen LogP contribution >= 0.6 is 0 Å². The summed E-state index contributed by atoms with van der Waals surface area (Å²) in [6, 6.07) is 5.52. The van der Waals surface area contributed by atoms with Crippen LogP contribution in [-0.4, -0.2) is 24.0 Å². The second-order valence-corrected chi connectivity index (χ2v) is 4.00. The summed E-state index contributed by atoms with van der Waals surface area (Å²) in [5, 5.41) is 4.03. The molecule has 0 aliphatic rings. The van der Waals surface area contributed by atoms with Crippen LogP contribution in [0.5, 0.6) is 0 Å². The summed E-state index contributed by atoms with van der Waals surface area (Å²) in [5.41, 5.74) is 1.26. The third-order valence-electron chi connectivity index (χ3n) is 2.40. The Hall–Kier alpha value is -2.05. The van der Waals surface area contributed by atoms with Gasteiger partial charge in [0.25, 0.3) is 0 Å². The molecule has 2 amide bonds. The van der Waals surface area contributed by atoms with E-state index in [4.69, 9.17) is 0 Å². The van der Waals surface area contributed by atoms with Crippen molar-refractivity contribution in [1.82, 2.24) is 5.32 Å². The molecule has 1 rings (SSSR count). The van der Waals surface area contributed by atoms with Crippen molar-refractivity contribution in [3.8, 4) is 0 Å². The number of rotatable bonds is 3. The summed E-state index contributed by atoms with van der Waals surface area (Å²) in [7, 11) is 0. The van der Waals surface area contributed by atoms with E-state index in [1.807, 2.05) is 0 Å². The number of hydrogen-bond acceptors (Lipinski definition) is 2. The summed E-state index contributed by atoms with van der Waals surface area (Å²) in [4.78, 5) is 22.3. The van der Waals surface area contributed by atoms with Gasteiger partial charge in [0.2, 0.25) is 5.91 Å². The Morgan fingerprint density at radius 2 is 1.79 bits per heavy atom. The van der Waals surface area contributed by atoms with E-state index in [-0.39, 0.29) is 0 Å². The zero-order valence-corrected chi connectivity index (χ0v) is 10.3. The van der Waals surface area contributed by atoms with Crippen molar-refractivity contribution in [1.29, 1.82) is 0 Å². The molecular formula is C12H13F3N2O2. The number of hydrogen-bond donors (Lipinski definition) is 2. The van der Waals surface area contributed by atoms with Gasteiger partial charge in [0.05, 0.1) is 0 Å². The number of alkyl halides is 3. The molecule has 0 spiro atoms. The average molecular weight is 274 g/mol. The Kier molecular flexibility index (Phi) is 4.52. The Bertz CT molecular complexity index is 486. The lowest BCUT2D eigenvalue weighted by Crippen LogP contribution is -2.47. The Labute approximate surface area is 108 Å². The average Bonchev–Trinajstić information content (AvgIpc) is 2.30. The van der Waals surface area contributed by atoms with E-state index in [9.17, 15) is 22.8 Å². The molecule has 104 valence electrons. The van der Waals surface area contributed by atoms with Crippen molar-refractivity contribution in [2.75, 3.05) is 5.32 Å². The second kappa shape index (κ2) is 5.73. The first-order valence-electron chi connectivity index (χ1n) is 5.46. The number of carbonyl (C=O) groups excluding carboxylic acids is 2. The number of nitrogens with one attached hydrogen (secondary N) is 2. The molecule has 0 aromatic heterocycles. The van der Waals surface area contributed by atoms with E-state index in [1.54, 1.807) is 36.5 Å². The number of halogens is 3. The first-order valence-corrected chi connectivity index (χ1v) is 5.46. The smallest absolute Gasteiger partial charge is 0.337 e. The first kappa shape index (κ1) is 15.0. The SMILES string of the molecule is Cc1ccccc1NC(=O)[C@H](C)NC(=O)C(F)(F)F. The Morgan fingerprint density at radius 3 is 2.32 bits per heavy atom. The molecule has 1 aromatic rings. The predicted molar refractivity (Wildman–Crippen MR) is 63.5 cm³/mol. The van der Waals surface area contributed by atoms with Crippen LogP contribution in [0.15, 0.2) is 24.3 Å². The molecule has 19 heavy (non-hydrogen) atoms. The summed E-state index contributed by atoms with van der Waals surface area (Å²) < 4.78 is 36.1. The van der Waals surface area contributed by atoms with Crippen molar-refractivity contribution < 1.29 is 22.8 Å². The molecule has 0 fully saturated rings. The van der Waals surface area contributed by atoms with Crippen molar-refractivity contribution in [2.45, 2.75) is 26.1 Å². The van der Waals surface area contributed by atoms with Crippen molar-refractivity contribution >= 4 is 17.5 Å². The quantitative estimate of drug-likeness (QED) is 0.885. The largest absolute Gasteiger partial charge is 0.471 e. The molecule has 0 saturated carbocycles. The van der Waals surface area contributed by atoms with Gasteiger partial charge in [-0.1, -0.05) is 18.2 Å². The molecule has 0 aliphatic heterocycles. The van der Waals surface area contributed by atoms with E-state index >= 15 is 0 Å². The van der Waals surface area contributed by atoms with Gasteiger partial charge in [-0.3, -0.25) is 9.59 Å². The van der Waals surface area contributed by atoms with Gasteiger partial charge in [-0.2, -0.15) is 13.2 Å². The highest BCUT2D eigenvalue weighted by atomic mass is 19.4. The maximum absolute atomic E-state index is 12.0. The van der Waals surface area contributed by atoms with E-state index in [2.05, 4.69) is 5.32 Å². The number of benzene rings is 1. The minimum atomic E-state index is -5.00. The van der Waals surface area contributed by atoms with Crippen LogP contribution in [-0.2, 0) is 9.59 Å². The Balaban J connectivity index is 2.64. The lowest BCUT2D eigenvalue weighted by Gasteiger charge is -2.16. The summed E-state index contributed by atoms with van der Waals surface area (Å²) >= 11 is 0. The Morgan fingerprint density at radius 1 is 1.21 bits per heavy atom. The fraction of sp³-hybridized carbons (Fsp3) is 0.333. The standard InChI is InChI=1S/C12H13F3N2O2/c1-7-5-3-4-6-9(7)17-10(18)8(2)16-11(19)12(13,14)15/h3-6,8H,1-2H3,(H,16,19)(H,17,18)/t8-/m0/s1. The second-order valence-electron chi connectivity index (χ2n) is 4.00. The first-order chi connectivity index (χ1) is 8.71. The maximum atomic E-state index is 12.0. The van der Waals surface area contributed by atoms with Gasteiger partial charge < -0.3 is 10.6 Å². The van der Waals surface area contributed by atoms with Crippen LogP contribution in [0.4, 0.5) is 18.9 Å². The highest BCUT2D eigenvalue weighted by Crippen LogP contribution is 2.15. The van der Waals surface area contributed by atoms with Crippen LogP contribution in [0.25, 0.3) is 0 Å². The minimum absolute atomic E-state index is 0.487. The van der Waals surface area contributed by atoms with E-state index in [0.717, 1.165) is 5.56 Å². The van der Waals surface area contributed by atoms with Gasteiger partial charge in [-0.15, -0.1) is 0 Å². The topological polar surface area (TPSA) is 58.2 Å². The van der Waals surface area contributed by atoms with Gasteiger partial charge in [-0.05, 0) is 25.5 Å². The molecule has 4 nitrogen and oxygen atoms in total. The molecule has 7 heteroatoms. The molecule has 0 radical (unpaired) electrons. The molecule has 1 aromatic carbocycles. The molecule has 2 N–H and O–H groups in total. The van der Waals surface area contributed by atoms with E-state index in [0.29, 0.717) is 5.69 Å². The van der Waals surface area contributed by atoms with Crippen molar-refractivity contribution in [3.05, 3.63) is 29.8 Å². The normalized spacial score (nSPS) is 12.7. The number of anilines is 1. The number of para-hydroxylation sites is 1. The highest BCUT2D eigenvalue weighted by Gasteiger charge is 2.40. The molecule has 1 atom stereocenters. The molecule has 0 unspecified atom stereocenters. The summed E-state index contributed by atoms with van der Waals surface area (Å²) in [6.07, 6.45) is -5.00. The zero-order valence-electron chi connectivity index (χ0n) is 10.3. The lowest BCUT2D eigenvalue weighted by molar-refractivity contribution is -0.174. The maximum Gasteiger partial charge on any atom is 0.471 e. The molecular weight excluding hydrogens is 261 g/mol. The van der Waals surface area contributed by atoms with Crippen LogP contribution < -0.4 is 10.6 Å². The van der Waals surface area contributed by atoms with Gasteiger partial charge in [0.1, 0.15) is 6.04 Å². The van der Waals surface area contributed by atoms with Crippen molar-refractivity contribution in [3.63, 3.8) is 0 Å². The predicted octanol–water partition coefficient (Wildman–Crippen LogP) is 2.00. The fourth-order valence-corrected chi connectivity index (χ4v) is 1.30. The zero-order chi connectivity index (χ0) is 14.6. The third kappa shape index (κ3) is 4.27. The molecule has 0 bridgehead atoms. The molecule has 0 heterocycles. The third-order valence-corrected chi connectivity index (χ3v) is 2.40. The van der Waals surface area contributed by atoms with Gasteiger partial charge >= 0.3 is 12.1 Å². The summed E-state index contributed by atoms with van der Waals surface area (Å²) in [6.45, 7) is 2.92. The number of aryl methyl sites for hydroxylation is 1. The van der Waals surface area contributed by atoms with Crippen LogP contribution in [0, 0.1) is 6.92 Å². The summed E-state index contributed by atoms with van der Waals surface area (Å²) in [5.74, 6) is -2.85.